The van der Waals surface area contributed by atoms with E-state index in [0.29, 0.717) is 5.65 Å². The summed E-state index contributed by atoms with van der Waals surface area (Å²) in [7, 11) is 0. The van der Waals surface area contributed by atoms with Gasteiger partial charge in [-0.3, -0.25) is 0 Å². The molecule has 0 radical (unpaired) electrons. The number of hydrogen-bond donors (Lipinski definition) is 1. The first-order chi connectivity index (χ1) is 6.93. The molecule has 0 atom stereocenters. The van der Waals surface area contributed by atoms with Crippen LogP contribution in [0.4, 0.5) is 5.82 Å². The van der Waals surface area contributed by atoms with Gasteiger partial charge < -0.3 is 5.32 Å². The Hall–Kier alpha value is -1.97. The Balaban J connectivity index is 2.34. The first kappa shape index (κ1) is 7.44. The van der Waals surface area contributed by atoms with Crippen LogP contribution in [0.2, 0.25) is 0 Å². The molecule has 2 aromatic rings. The molecule has 4 nitrogen and oxygen atoms in total. The normalized spacial score (nSPS) is 13.7. The number of fused-ring (bicyclic) bond motifs is 2. The van der Waals surface area contributed by atoms with E-state index in [-0.39, 0.29) is 0 Å². The van der Waals surface area contributed by atoms with E-state index in [1.54, 1.807) is 6.20 Å². The minimum atomic E-state index is 0.694. The number of aromatic nitrogens is 3. The monoisotopic (exact) mass is 184 g/mol. The fourth-order valence-corrected chi connectivity index (χ4v) is 1.48. The molecule has 3 rings (SSSR count). The molecule has 0 bridgehead atoms. The Kier molecular flexibility index (Phi) is 1.47. The summed E-state index contributed by atoms with van der Waals surface area (Å²) < 4.78 is 0. The van der Waals surface area contributed by atoms with Crippen LogP contribution in [-0.2, 0) is 0 Å². The fraction of sp³-hybridized carbons (Fsp3) is 0.100. The number of hydrogen-bond acceptors (Lipinski definition) is 4. The van der Waals surface area contributed by atoms with Crippen LogP contribution in [0, 0.1) is 0 Å². The zero-order valence-corrected chi connectivity index (χ0v) is 7.44. The molecule has 0 fully saturated rings. The molecule has 1 N–H and O–H groups in total. The highest BCUT2D eigenvalue weighted by atomic mass is 15.0. The van der Waals surface area contributed by atoms with Gasteiger partial charge in [0.05, 0.1) is 0 Å². The van der Waals surface area contributed by atoms with Gasteiger partial charge >= 0.3 is 0 Å². The van der Waals surface area contributed by atoms with Crippen LogP contribution in [0.15, 0.2) is 24.4 Å². The maximum absolute atomic E-state index is 4.43. The van der Waals surface area contributed by atoms with Gasteiger partial charge in [-0.2, -0.15) is 0 Å². The zero-order chi connectivity index (χ0) is 9.38. The molecule has 68 valence electrons. The fourth-order valence-electron chi connectivity index (χ4n) is 1.48. The average Bonchev–Trinajstić information content (AvgIpc) is 2.26. The Morgan fingerprint density at radius 3 is 3.29 bits per heavy atom. The summed E-state index contributed by atoms with van der Waals surface area (Å²) in [4.78, 5) is 13.0. The first-order valence-electron chi connectivity index (χ1n) is 4.47. The van der Waals surface area contributed by atoms with E-state index in [2.05, 4.69) is 20.3 Å². The Labute approximate surface area is 80.7 Å². The summed E-state index contributed by atoms with van der Waals surface area (Å²) >= 11 is 0. The van der Waals surface area contributed by atoms with Crippen LogP contribution in [0.25, 0.3) is 17.2 Å². The van der Waals surface area contributed by atoms with E-state index < -0.39 is 0 Å². The lowest BCUT2D eigenvalue weighted by Crippen LogP contribution is -2.08. The van der Waals surface area contributed by atoms with Crippen molar-refractivity contribution < 1.29 is 0 Å². The van der Waals surface area contributed by atoms with Crippen molar-refractivity contribution in [1.82, 2.24) is 15.0 Å². The predicted molar refractivity (Wildman–Crippen MR) is 54.9 cm³/mol. The highest BCUT2D eigenvalue weighted by Crippen LogP contribution is 2.18. The van der Waals surface area contributed by atoms with Gasteiger partial charge in [0.25, 0.3) is 0 Å². The summed E-state index contributed by atoms with van der Waals surface area (Å²) in [5, 5.41) is 3.17. The molecule has 0 spiro atoms. The highest BCUT2D eigenvalue weighted by Gasteiger charge is 2.08. The SMILES string of the molecule is C1=Cc2nc3ncccc3nc2NC1. The topological polar surface area (TPSA) is 50.7 Å². The van der Waals surface area contributed by atoms with Gasteiger partial charge in [-0.1, -0.05) is 6.08 Å². The molecule has 0 aromatic carbocycles. The molecular weight excluding hydrogens is 176 g/mol. The van der Waals surface area contributed by atoms with Crippen LogP contribution >= 0.6 is 0 Å². The summed E-state index contributed by atoms with van der Waals surface area (Å²) in [6, 6.07) is 3.78. The number of nitrogens with one attached hydrogen (secondary N) is 1. The Morgan fingerprint density at radius 2 is 2.29 bits per heavy atom. The lowest BCUT2D eigenvalue weighted by atomic mass is 10.3. The Morgan fingerprint density at radius 1 is 1.29 bits per heavy atom. The van der Waals surface area contributed by atoms with Crippen molar-refractivity contribution >= 4 is 23.1 Å². The largest absolute Gasteiger partial charge is 0.365 e. The van der Waals surface area contributed by atoms with Gasteiger partial charge in [-0.05, 0) is 18.2 Å². The molecule has 0 unspecified atom stereocenters. The number of rotatable bonds is 0. The molecule has 2 aromatic heterocycles. The first-order valence-corrected chi connectivity index (χ1v) is 4.47. The smallest absolute Gasteiger partial charge is 0.178 e. The second kappa shape index (κ2) is 2.77. The van der Waals surface area contributed by atoms with E-state index in [1.807, 2.05) is 24.3 Å². The number of pyridine rings is 1. The molecule has 0 saturated heterocycles. The molecule has 3 heterocycles. The van der Waals surface area contributed by atoms with E-state index in [9.17, 15) is 0 Å². The molecule has 0 saturated carbocycles. The van der Waals surface area contributed by atoms with Gasteiger partial charge in [-0.25, -0.2) is 15.0 Å². The van der Waals surface area contributed by atoms with Gasteiger partial charge in [0, 0.05) is 12.7 Å². The quantitative estimate of drug-likeness (QED) is 0.673. The van der Waals surface area contributed by atoms with Crippen molar-refractivity contribution in [2.75, 3.05) is 11.9 Å². The molecule has 0 aliphatic carbocycles. The summed E-state index contributed by atoms with van der Waals surface area (Å²) in [5.41, 5.74) is 2.39. The third-order valence-electron chi connectivity index (χ3n) is 2.13. The molecular formula is C10H8N4. The number of anilines is 1. The van der Waals surface area contributed by atoms with E-state index >= 15 is 0 Å². The summed E-state index contributed by atoms with van der Waals surface area (Å²) in [5.74, 6) is 0.841. The minimum Gasteiger partial charge on any atom is -0.365 e. The Bertz CT molecular complexity index is 519. The van der Waals surface area contributed by atoms with Crippen molar-refractivity contribution in [1.29, 1.82) is 0 Å². The third kappa shape index (κ3) is 1.04. The van der Waals surface area contributed by atoms with Crippen LogP contribution < -0.4 is 5.32 Å². The molecule has 4 heteroatoms. The zero-order valence-electron chi connectivity index (χ0n) is 7.44. The molecule has 0 amide bonds. The molecule has 1 aliphatic heterocycles. The minimum absolute atomic E-state index is 0.694. The van der Waals surface area contributed by atoms with Gasteiger partial charge in [-0.15, -0.1) is 0 Å². The van der Waals surface area contributed by atoms with Gasteiger partial charge in [0.2, 0.25) is 0 Å². The van der Waals surface area contributed by atoms with Gasteiger partial charge in [0.15, 0.2) is 11.5 Å². The number of nitrogens with zero attached hydrogens (tertiary/aromatic N) is 3. The lowest BCUT2D eigenvalue weighted by Gasteiger charge is -2.10. The van der Waals surface area contributed by atoms with Crippen LogP contribution in [0.1, 0.15) is 5.69 Å². The molecule has 1 aliphatic rings. The summed E-state index contributed by atoms with van der Waals surface area (Å²) in [6.45, 7) is 0.813. The van der Waals surface area contributed by atoms with Crippen LogP contribution in [-0.4, -0.2) is 21.5 Å². The molecule has 14 heavy (non-hydrogen) atoms. The standard InChI is InChI=1S/C10H8N4/c1-3-7-9(11-5-1)14-8-4-2-6-12-10(8)13-7/h1-5H,6H2,(H,12,13). The van der Waals surface area contributed by atoms with Crippen molar-refractivity contribution in [3.8, 4) is 0 Å². The third-order valence-corrected chi connectivity index (χ3v) is 2.13. The maximum atomic E-state index is 4.43. The second-order valence-electron chi connectivity index (χ2n) is 3.09. The lowest BCUT2D eigenvalue weighted by molar-refractivity contribution is 1.15. The van der Waals surface area contributed by atoms with E-state index in [4.69, 9.17) is 0 Å². The van der Waals surface area contributed by atoms with E-state index in [1.165, 1.54) is 0 Å². The van der Waals surface area contributed by atoms with Crippen LogP contribution in [0.3, 0.4) is 0 Å². The van der Waals surface area contributed by atoms with Crippen molar-refractivity contribution in [2.45, 2.75) is 0 Å². The van der Waals surface area contributed by atoms with Crippen molar-refractivity contribution in [3.05, 3.63) is 30.1 Å². The average molecular weight is 184 g/mol. The highest BCUT2D eigenvalue weighted by molar-refractivity contribution is 5.76. The van der Waals surface area contributed by atoms with Crippen molar-refractivity contribution in [2.24, 2.45) is 0 Å². The van der Waals surface area contributed by atoms with Crippen molar-refractivity contribution in [3.63, 3.8) is 0 Å². The summed E-state index contributed by atoms with van der Waals surface area (Å²) in [6.07, 6.45) is 5.71. The van der Waals surface area contributed by atoms with Gasteiger partial charge in [0.1, 0.15) is 11.2 Å². The second-order valence-corrected chi connectivity index (χ2v) is 3.09. The van der Waals surface area contributed by atoms with Crippen LogP contribution in [0.5, 0.6) is 0 Å². The maximum Gasteiger partial charge on any atom is 0.178 e. The van der Waals surface area contributed by atoms with E-state index in [0.717, 1.165) is 23.6 Å². The predicted octanol–water partition coefficient (Wildman–Crippen LogP) is 1.46.